The van der Waals surface area contributed by atoms with Gasteiger partial charge in [0.1, 0.15) is 5.78 Å². The van der Waals surface area contributed by atoms with Gasteiger partial charge in [-0.05, 0) is 35.0 Å². The lowest BCUT2D eigenvalue weighted by Crippen LogP contribution is -2.26. The average molecular weight is 276 g/mol. The highest BCUT2D eigenvalue weighted by Gasteiger charge is 2.14. The Labute approximate surface area is 94.8 Å². The third-order valence-corrected chi connectivity index (χ3v) is 3.36. The molecule has 1 aromatic rings. The van der Waals surface area contributed by atoms with Crippen LogP contribution in [0.5, 0.6) is 0 Å². The lowest BCUT2D eigenvalue weighted by Gasteiger charge is -2.13. The molecule has 0 saturated carbocycles. The Balaban J connectivity index is 2.70. The SMILES string of the molecule is CC(=O)CC(=O)N(C)c1ccc(Br)s1. The second-order valence-electron chi connectivity index (χ2n) is 2.91. The first-order valence-electron chi connectivity index (χ1n) is 4.02. The van der Waals surface area contributed by atoms with E-state index < -0.39 is 0 Å². The molecule has 5 heteroatoms. The fraction of sp³-hybridized carbons (Fsp3) is 0.333. The van der Waals surface area contributed by atoms with Crippen molar-refractivity contribution in [2.45, 2.75) is 13.3 Å². The number of halogens is 1. The molecule has 0 atom stereocenters. The largest absolute Gasteiger partial charge is 0.307 e. The van der Waals surface area contributed by atoms with Crippen LogP contribution in [0.3, 0.4) is 0 Å². The number of amides is 1. The van der Waals surface area contributed by atoms with E-state index in [1.807, 2.05) is 12.1 Å². The molecule has 76 valence electrons. The van der Waals surface area contributed by atoms with Crippen LogP contribution in [0.1, 0.15) is 13.3 Å². The van der Waals surface area contributed by atoms with Crippen LogP contribution < -0.4 is 4.90 Å². The zero-order chi connectivity index (χ0) is 10.7. The van der Waals surface area contributed by atoms with Gasteiger partial charge in [-0.15, -0.1) is 11.3 Å². The average Bonchev–Trinajstić information content (AvgIpc) is 2.49. The summed E-state index contributed by atoms with van der Waals surface area (Å²) in [5, 5.41) is 0.836. The van der Waals surface area contributed by atoms with Crippen molar-refractivity contribution < 1.29 is 9.59 Å². The third-order valence-electron chi connectivity index (χ3n) is 1.66. The molecule has 0 unspecified atom stereocenters. The van der Waals surface area contributed by atoms with Crippen molar-refractivity contribution in [1.29, 1.82) is 0 Å². The van der Waals surface area contributed by atoms with Gasteiger partial charge in [0.05, 0.1) is 15.2 Å². The highest BCUT2D eigenvalue weighted by Crippen LogP contribution is 2.29. The fourth-order valence-corrected chi connectivity index (χ4v) is 2.28. The van der Waals surface area contributed by atoms with Gasteiger partial charge in [-0.2, -0.15) is 0 Å². The summed E-state index contributed by atoms with van der Waals surface area (Å²) in [5.41, 5.74) is 0. The van der Waals surface area contributed by atoms with Gasteiger partial charge in [-0.25, -0.2) is 0 Å². The van der Waals surface area contributed by atoms with Crippen molar-refractivity contribution in [1.82, 2.24) is 0 Å². The molecule has 0 aromatic carbocycles. The smallest absolute Gasteiger partial charge is 0.234 e. The fourth-order valence-electron chi connectivity index (χ4n) is 0.939. The van der Waals surface area contributed by atoms with E-state index in [0.717, 1.165) is 8.79 Å². The van der Waals surface area contributed by atoms with Crippen molar-refractivity contribution in [2.24, 2.45) is 0 Å². The molecule has 0 N–H and O–H groups in total. The van der Waals surface area contributed by atoms with E-state index in [0.29, 0.717) is 0 Å². The van der Waals surface area contributed by atoms with Crippen molar-refractivity contribution in [2.75, 3.05) is 11.9 Å². The number of rotatable bonds is 3. The summed E-state index contributed by atoms with van der Waals surface area (Å²) >= 11 is 4.78. The predicted molar refractivity (Wildman–Crippen MR) is 60.7 cm³/mol. The van der Waals surface area contributed by atoms with E-state index in [1.165, 1.54) is 23.2 Å². The van der Waals surface area contributed by atoms with E-state index in [1.54, 1.807) is 7.05 Å². The summed E-state index contributed by atoms with van der Waals surface area (Å²) in [4.78, 5) is 23.7. The number of hydrogen-bond donors (Lipinski definition) is 0. The second kappa shape index (κ2) is 4.70. The molecular weight excluding hydrogens is 266 g/mol. The number of carbonyl (C=O) groups is 2. The van der Waals surface area contributed by atoms with Gasteiger partial charge < -0.3 is 4.90 Å². The monoisotopic (exact) mass is 275 g/mol. The van der Waals surface area contributed by atoms with E-state index in [2.05, 4.69) is 15.9 Å². The number of anilines is 1. The molecule has 0 fully saturated rings. The molecule has 3 nitrogen and oxygen atoms in total. The Bertz CT molecular complexity index is 361. The van der Waals surface area contributed by atoms with E-state index in [4.69, 9.17) is 0 Å². The van der Waals surface area contributed by atoms with Crippen LogP contribution in [0.4, 0.5) is 5.00 Å². The van der Waals surface area contributed by atoms with Crippen LogP contribution in [0.2, 0.25) is 0 Å². The lowest BCUT2D eigenvalue weighted by atomic mass is 10.3. The van der Waals surface area contributed by atoms with Crippen LogP contribution in [0.25, 0.3) is 0 Å². The maximum absolute atomic E-state index is 11.5. The normalized spacial score (nSPS) is 9.93. The minimum absolute atomic E-state index is 0.0357. The van der Waals surface area contributed by atoms with Gasteiger partial charge in [-0.3, -0.25) is 9.59 Å². The number of hydrogen-bond acceptors (Lipinski definition) is 3. The van der Waals surface area contributed by atoms with Crippen molar-refractivity contribution in [3.8, 4) is 0 Å². The highest BCUT2D eigenvalue weighted by molar-refractivity contribution is 9.11. The number of carbonyl (C=O) groups excluding carboxylic acids is 2. The topological polar surface area (TPSA) is 37.4 Å². The molecule has 0 radical (unpaired) electrons. The Morgan fingerprint density at radius 2 is 2.14 bits per heavy atom. The number of ketones is 1. The molecule has 1 rings (SSSR count). The summed E-state index contributed by atoms with van der Waals surface area (Å²) < 4.78 is 0.968. The molecule has 0 bridgehead atoms. The van der Waals surface area contributed by atoms with Crippen LogP contribution >= 0.6 is 27.3 Å². The molecule has 0 spiro atoms. The van der Waals surface area contributed by atoms with Crippen LogP contribution in [0, 0.1) is 0 Å². The minimum atomic E-state index is -0.174. The summed E-state index contributed by atoms with van der Waals surface area (Å²) in [6.07, 6.45) is -0.0357. The Morgan fingerprint density at radius 1 is 1.50 bits per heavy atom. The zero-order valence-corrected chi connectivity index (χ0v) is 10.3. The quantitative estimate of drug-likeness (QED) is 0.795. The summed E-state index contributed by atoms with van der Waals surface area (Å²) in [7, 11) is 1.67. The Hall–Kier alpha value is -0.680. The van der Waals surface area contributed by atoms with Crippen LogP contribution in [0.15, 0.2) is 15.9 Å². The number of thiophene rings is 1. The van der Waals surface area contributed by atoms with Crippen LogP contribution in [-0.4, -0.2) is 18.7 Å². The molecule has 1 heterocycles. The maximum atomic E-state index is 11.5. The molecule has 0 aliphatic rings. The highest BCUT2D eigenvalue weighted by atomic mass is 79.9. The molecule has 0 aliphatic heterocycles. The van der Waals surface area contributed by atoms with Gasteiger partial charge in [0.25, 0.3) is 0 Å². The minimum Gasteiger partial charge on any atom is -0.307 e. The van der Waals surface area contributed by atoms with Gasteiger partial charge in [0.2, 0.25) is 5.91 Å². The lowest BCUT2D eigenvalue weighted by molar-refractivity contribution is -0.125. The maximum Gasteiger partial charge on any atom is 0.234 e. The van der Waals surface area contributed by atoms with Crippen LogP contribution in [-0.2, 0) is 9.59 Å². The first-order valence-corrected chi connectivity index (χ1v) is 5.63. The van der Waals surface area contributed by atoms with Crippen molar-refractivity contribution in [3.63, 3.8) is 0 Å². The number of nitrogens with zero attached hydrogens (tertiary/aromatic N) is 1. The van der Waals surface area contributed by atoms with E-state index in [-0.39, 0.29) is 18.1 Å². The number of Topliss-reactive ketones (excluding diaryl/α,β-unsaturated/α-hetero) is 1. The van der Waals surface area contributed by atoms with Gasteiger partial charge in [0, 0.05) is 7.05 Å². The van der Waals surface area contributed by atoms with Crippen molar-refractivity contribution in [3.05, 3.63) is 15.9 Å². The summed E-state index contributed by atoms with van der Waals surface area (Å²) in [5.74, 6) is -0.288. The predicted octanol–water partition coefficient (Wildman–Crippen LogP) is 2.45. The van der Waals surface area contributed by atoms with E-state index in [9.17, 15) is 9.59 Å². The first kappa shape index (κ1) is 11.4. The molecule has 14 heavy (non-hydrogen) atoms. The van der Waals surface area contributed by atoms with E-state index >= 15 is 0 Å². The molecule has 1 amide bonds. The summed E-state index contributed by atoms with van der Waals surface area (Å²) in [6, 6.07) is 3.71. The summed E-state index contributed by atoms with van der Waals surface area (Å²) in [6.45, 7) is 1.41. The molecule has 0 saturated heterocycles. The Kier molecular flexibility index (Phi) is 3.83. The zero-order valence-electron chi connectivity index (χ0n) is 7.91. The van der Waals surface area contributed by atoms with Gasteiger partial charge in [0.15, 0.2) is 0 Å². The van der Waals surface area contributed by atoms with Gasteiger partial charge >= 0.3 is 0 Å². The van der Waals surface area contributed by atoms with Crippen molar-refractivity contribution >= 4 is 44.0 Å². The van der Waals surface area contributed by atoms with Gasteiger partial charge in [-0.1, -0.05) is 0 Å². The molecule has 1 aromatic heterocycles. The first-order chi connectivity index (χ1) is 6.50. The second-order valence-corrected chi connectivity index (χ2v) is 5.35. The third kappa shape index (κ3) is 2.92. The molecule has 0 aliphatic carbocycles. The Morgan fingerprint density at radius 3 is 2.57 bits per heavy atom. The standard InChI is InChI=1S/C9H10BrNO2S/c1-6(12)5-8(13)11(2)9-4-3-7(10)14-9/h3-4H,5H2,1-2H3. The molecular formula is C9H10BrNO2S.